The molecule has 0 atom stereocenters. The van der Waals surface area contributed by atoms with Crippen molar-refractivity contribution in [1.82, 2.24) is 14.8 Å². The molecule has 0 fully saturated rings. The first kappa shape index (κ1) is 9.15. The molecule has 11 heavy (non-hydrogen) atoms. The molecule has 0 saturated heterocycles. The van der Waals surface area contributed by atoms with Crippen LogP contribution >= 0.6 is 31.9 Å². The van der Waals surface area contributed by atoms with Crippen molar-refractivity contribution >= 4 is 31.9 Å². The maximum Gasteiger partial charge on any atom is 0.200 e. The zero-order chi connectivity index (χ0) is 8.27. The van der Waals surface area contributed by atoms with Crippen LogP contribution in [0, 0.1) is 0 Å². The van der Waals surface area contributed by atoms with Crippen molar-refractivity contribution in [1.29, 1.82) is 0 Å². The van der Waals surface area contributed by atoms with E-state index in [-0.39, 0.29) is 0 Å². The number of methoxy groups -OCH3 is 1. The zero-order valence-corrected chi connectivity index (χ0v) is 9.09. The number of hydrogen-bond acceptors (Lipinski definition) is 3. The molecule has 1 heterocycles. The van der Waals surface area contributed by atoms with E-state index in [4.69, 9.17) is 4.74 Å². The summed E-state index contributed by atoms with van der Waals surface area (Å²) in [6.07, 6.45) is 0. The average molecular weight is 285 g/mol. The molecule has 0 aliphatic carbocycles. The van der Waals surface area contributed by atoms with Crippen LogP contribution in [0.2, 0.25) is 0 Å². The molecule has 0 spiro atoms. The van der Waals surface area contributed by atoms with Gasteiger partial charge in [-0.1, -0.05) is 0 Å². The lowest BCUT2D eigenvalue weighted by molar-refractivity contribution is 0.186. The smallest absolute Gasteiger partial charge is 0.200 e. The molecule has 1 rings (SSSR count). The highest BCUT2D eigenvalue weighted by Gasteiger charge is 2.04. The summed E-state index contributed by atoms with van der Waals surface area (Å²) in [7, 11) is 1.66. The molecule has 1 aromatic rings. The Bertz CT molecular complexity index is 218. The van der Waals surface area contributed by atoms with Crippen LogP contribution < -0.4 is 0 Å². The van der Waals surface area contributed by atoms with Gasteiger partial charge in [-0.05, 0) is 31.9 Å². The van der Waals surface area contributed by atoms with Gasteiger partial charge in [0, 0.05) is 7.11 Å². The van der Waals surface area contributed by atoms with Crippen molar-refractivity contribution in [3.63, 3.8) is 0 Å². The van der Waals surface area contributed by atoms with E-state index in [9.17, 15) is 0 Å². The molecule has 62 valence electrons. The third kappa shape index (κ3) is 2.25. The largest absolute Gasteiger partial charge is 0.383 e. The molecule has 0 aliphatic heterocycles. The fraction of sp³-hybridized carbons (Fsp3) is 0.600. The van der Waals surface area contributed by atoms with Gasteiger partial charge in [-0.2, -0.15) is 0 Å². The number of hydrogen-bond donors (Lipinski definition) is 0. The lowest BCUT2D eigenvalue weighted by Crippen LogP contribution is -2.04. The highest BCUT2D eigenvalue weighted by molar-refractivity contribution is 9.11. The first-order valence-electron chi connectivity index (χ1n) is 2.99. The van der Waals surface area contributed by atoms with Gasteiger partial charge in [0.2, 0.25) is 9.47 Å². The Labute approximate surface area is 81.2 Å². The van der Waals surface area contributed by atoms with Crippen LogP contribution in [-0.2, 0) is 11.3 Å². The monoisotopic (exact) mass is 283 g/mol. The van der Waals surface area contributed by atoms with Crippen molar-refractivity contribution in [2.24, 2.45) is 0 Å². The second-order valence-corrected chi connectivity index (χ2v) is 3.30. The number of rotatable bonds is 3. The summed E-state index contributed by atoms with van der Waals surface area (Å²) < 4.78 is 8.19. The molecule has 0 radical (unpaired) electrons. The predicted octanol–water partition coefficient (Wildman–Crippen LogP) is 1.45. The fourth-order valence-electron chi connectivity index (χ4n) is 0.634. The van der Waals surface area contributed by atoms with E-state index in [1.165, 1.54) is 0 Å². The van der Waals surface area contributed by atoms with Crippen LogP contribution in [0.25, 0.3) is 0 Å². The number of aromatic nitrogens is 3. The molecule has 0 bridgehead atoms. The minimum absolute atomic E-state index is 0.648. The van der Waals surface area contributed by atoms with Gasteiger partial charge in [0.1, 0.15) is 0 Å². The average Bonchev–Trinajstić information content (AvgIpc) is 2.29. The minimum Gasteiger partial charge on any atom is -0.383 e. The number of nitrogens with zero attached hydrogens (tertiary/aromatic N) is 3. The van der Waals surface area contributed by atoms with Crippen LogP contribution in [0.4, 0.5) is 0 Å². The maximum absolute atomic E-state index is 4.91. The van der Waals surface area contributed by atoms with Crippen molar-refractivity contribution in [3.8, 4) is 0 Å². The van der Waals surface area contributed by atoms with Crippen LogP contribution in [0.15, 0.2) is 9.47 Å². The van der Waals surface area contributed by atoms with Gasteiger partial charge in [0.25, 0.3) is 0 Å². The lowest BCUT2D eigenvalue weighted by atomic mass is 10.7. The Kier molecular flexibility index (Phi) is 3.47. The van der Waals surface area contributed by atoms with Crippen LogP contribution in [-0.4, -0.2) is 28.5 Å². The normalized spacial score (nSPS) is 10.5. The molecule has 4 nitrogen and oxygen atoms in total. The number of ether oxygens (including phenoxy) is 1. The molecule has 0 aromatic carbocycles. The van der Waals surface area contributed by atoms with Gasteiger partial charge in [-0.15, -0.1) is 10.2 Å². The molecule has 0 saturated carbocycles. The maximum atomic E-state index is 4.91. The van der Waals surface area contributed by atoms with Gasteiger partial charge in [-0.25, -0.2) is 0 Å². The quantitative estimate of drug-likeness (QED) is 0.843. The molecule has 0 amide bonds. The number of halogens is 2. The molecule has 6 heteroatoms. The van der Waals surface area contributed by atoms with E-state index in [0.717, 1.165) is 6.54 Å². The Morgan fingerprint density at radius 1 is 1.36 bits per heavy atom. The molecule has 0 unspecified atom stereocenters. The predicted molar refractivity (Wildman–Crippen MR) is 47.3 cm³/mol. The Morgan fingerprint density at radius 2 is 1.91 bits per heavy atom. The van der Waals surface area contributed by atoms with Gasteiger partial charge >= 0.3 is 0 Å². The molecule has 0 N–H and O–H groups in total. The standard InChI is InChI=1S/C5H7Br2N3O/c1-11-3-2-10-4(6)8-9-5(10)7/h2-3H2,1H3. The molecule has 0 aliphatic rings. The second-order valence-electron chi connectivity index (χ2n) is 1.88. The second kappa shape index (κ2) is 4.18. The van der Waals surface area contributed by atoms with Crippen molar-refractivity contribution < 1.29 is 4.74 Å². The topological polar surface area (TPSA) is 39.9 Å². The van der Waals surface area contributed by atoms with E-state index >= 15 is 0 Å². The first-order valence-corrected chi connectivity index (χ1v) is 4.57. The summed E-state index contributed by atoms with van der Waals surface area (Å²) in [5.41, 5.74) is 0. The summed E-state index contributed by atoms with van der Waals surface area (Å²) in [6.45, 7) is 1.39. The molecular formula is C5H7Br2N3O. The summed E-state index contributed by atoms with van der Waals surface area (Å²) in [6, 6.07) is 0. The van der Waals surface area contributed by atoms with Crippen LogP contribution in [0.1, 0.15) is 0 Å². The van der Waals surface area contributed by atoms with Crippen LogP contribution in [0.3, 0.4) is 0 Å². The highest BCUT2D eigenvalue weighted by Crippen LogP contribution is 2.13. The summed E-state index contributed by atoms with van der Waals surface area (Å²) in [5.74, 6) is 0. The van der Waals surface area contributed by atoms with E-state index in [1.54, 1.807) is 7.11 Å². The third-order valence-electron chi connectivity index (χ3n) is 1.18. The van der Waals surface area contributed by atoms with E-state index in [0.29, 0.717) is 16.1 Å². The zero-order valence-electron chi connectivity index (χ0n) is 5.92. The summed E-state index contributed by atoms with van der Waals surface area (Å²) >= 11 is 6.50. The van der Waals surface area contributed by atoms with Crippen molar-refractivity contribution in [2.75, 3.05) is 13.7 Å². The van der Waals surface area contributed by atoms with Crippen molar-refractivity contribution in [2.45, 2.75) is 6.54 Å². The Morgan fingerprint density at radius 3 is 2.36 bits per heavy atom. The van der Waals surface area contributed by atoms with Gasteiger partial charge in [0.15, 0.2) is 0 Å². The Hall–Kier alpha value is 0.0600. The van der Waals surface area contributed by atoms with E-state index in [1.807, 2.05) is 4.57 Å². The fourth-order valence-corrected chi connectivity index (χ4v) is 1.72. The first-order chi connectivity index (χ1) is 5.25. The molecule has 1 aromatic heterocycles. The third-order valence-corrected chi connectivity index (χ3v) is 2.35. The summed E-state index contributed by atoms with van der Waals surface area (Å²) in [5, 5.41) is 7.59. The Balaban J connectivity index is 2.67. The van der Waals surface area contributed by atoms with Gasteiger partial charge < -0.3 is 4.74 Å². The minimum atomic E-state index is 0.648. The lowest BCUT2D eigenvalue weighted by Gasteiger charge is -2.01. The van der Waals surface area contributed by atoms with Crippen LogP contribution in [0.5, 0.6) is 0 Å². The van der Waals surface area contributed by atoms with Crippen molar-refractivity contribution in [3.05, 3.63) is 9.47 Å². The molecular weight excluding hydrogens is 278 g/mol. The van der Waals surface area contributed by atoms with Gasteiger partial charge in [-0.3, -0.25) is 4.57 Å². The SMILES string of the molecule is COCCn1c(Br)nnc1Br. The van der Waals surface area contributed by atoms with Gasteiger partial charge in [0.05, 0.1) is 13.2 Å². The summed E-state index contributed by atoms with van der Waals surface area (Å²) in [4.78, 5) is 0. The van der Waals surface area contributed by atoms with E-state index in [2.05, 4.69) is 42.1 Å². The highest BCUT2D eigenvalue weighted by atomic mass is 79.9. The van der Waals surface area contributed by atoms with E-state index < -0.39 is 0 Å².